The fourth-order valence-electron chi connectivity index (χ4n) is 2.18. The molecular formula is C15H12BrFN2S. The van der Waals surface area contributed by atoms with Gasteiger partial charge in [0, 0.05) is 6.07 Å². The molecule has 0 bridgehead atoms. The van der Waals surface area contributed by atoms with E-state index in [4.69, 9.17) is 12.2 Å². The Hall–Kier alpha value is -1.46. The number of aromatic nitrogens is 2. The normalized spacial score (nSPS) is 11.2. The SMILES string of the molecule is Cc1ccc(Cn2c(=S)[nH]c3cc(F)c(Br)cc32)cc1. The van der Waals surface area contributed by atoms with Crippen LogP contribution in [0.25, 0.3) is 11.0 Å². The molecule has 0 saturated heterocycles. The molecule has 3 rings (SSSR count). The van der Waals surface area contributed by atoms with E-state index < -0.39 is 0 Å². The van der Waals surface area contributed by atoms with Gasteiger partial charge in [-0.15, -0.1) is 0 Å². The van der Waals surface area contributed by atoms with Crippen molar-refractivity contribution in [2.75, 3.05) is 0 Å². The lowest BCUT2D eigenvalue weighted by Gasteiger charge is -2.06. The molecule has 0 saturated carbocycles. The molecule has 0 aliphatic rings. The van der Waals surface area contributed by atoms with Gasteiger partial charge in [0.2, 0.25) is 0 Å². The highest BCUT2D eigenvalue weighted by Crippen LogP contribution is 2.24. The largest absolute Gasteiger partial charge is 0.330 e. The van der Waals surface area contributed by atoms with Crippen molar-refractivity contribution in [1.29, 1.82) is 0 Å². The Labute approximate surface area is 129 Å². The fourth-order valence-corrected chi connectivity index (χ4v) is 2.79. The summed E-state index contributed by atoms with van der Waals surface area (Å²) in [4.78, 5) is 3.04. The minimum absolute atomic E-state index is 0.295. The van der Waals surface area contributed by atoms with E-state index in [1.165, 1.54) is 11.6 Å². The number of hydrogen-bond donors (Lipinski definition) is 1. The predicted molar refractivity (Wildman–Crippen MR) is 85.1 cm³/mol. The molecule has 2 aromatic carbocycles. The van der Waals surface area contributed by atoms with Gasteiger partial charge in [0.25, 0.3) is 0 Å². The fraction of sp³-hybridized carbons (Fsp3) is 0.133. The van der Waals surface area contributed by atoms with Crippen LogP contribution < -0.4 is 0 Å². The molecule has 3 aromatic rings. The Balaban J connectivity index is 2.11. The van der Waals surface area contributed by atoms with Gasteiger partial charge in [-0.1, -0.05) is 29.8 Å². The Kier molecular flexibility index (Phi) is 3.48. The van der Waals surface area contributed by atoms with Gasteiger partial charge in [-0.2, -0.15) is 0 Å². The van der Waals surface area contributed by atoms with Crippen LogP contribution in [-0.2, 0) is 6.54 Å². The second-order valence-electron chi connectivity index (χ2n) is 4.79. The molecule has 0 spiro atoms. The molecule has 1 aromatic heterocycles. The number of rotatable bonds is 2. The number of hydrogen-bond acceptors (Lipinski definition) is 1. The van der Waals surface area contributed by atoms with Gasteiger partial charge in [-0.25, -0.2) is 4.39 Å². The number of nitrogens with zero attached hydrogens (tertiary/aromatic N) is 1. The lowest BCUT2D eigenvalue weighted by molar-refractivity contribution is 0.622. The summed E-state index contributed by atoms with van der Waals surface area (Å²) in [6.07, 6.45) is 0. The Morgan fingerprint density at radius 1 is 1.25 bits per heavy atom. The van der Waals surface area contributed by atoms with Crippen molar-refractivity contribution in [2.24, 2.45) is 0 Å². The minimum Gasteiger partial charge on any atom is -0.330 e. The van der Waals surface area contributed by atoms with Crippen LogP contribution in [0.1, 0.15) is 11.1 Å². The molecule has 2 nitrogen and oxygen atoms in total. The monoisotopic (exact) mass is 350 g/mol. The number of aromatic amines is 1. The molecule has 1 heterocycles. The second kappa shape index (κ2) is 5.14. The summed E-state index contributed by atoms with van der Waals surface area (Å²) in [7, 11) is 0. The number of halogens is 2. The zero-order valence-corrected chi connectivity index (χ0v) is 13.2. The summed E-state index contributed by atoms with van der Waals surface area (Å²) < 4.78 is 16.6. The highest BCUT2D eigenvalue weighted by Gasteiger charge is 2.09. The molecule has 5 heteroatoms. The molecule has 0 unspecified atom stereocenters. The number of benzene rings is 2. The molecule has 0 aliphatic carbocycles. The van der Waals surface area contributed by atoms with E-state index >= 15 is 0 Å². The number of H-pyrrole nitrogens is 1. The lowest BCUT2D eigenvalue weighted by atomic mass is 10.1. The first-order valence-corrected chi connectivity index (χ1v) is 7.38. The van der Waals surface area contributed by atoms with Gasteiger partial charge in [0.1, 0.15) is 5.82 Å². The first-order valence-electron chi connectivity index (χ1n) is 6.18. The van der Waals surface area contributed by atoms with Gasteiger partial charge in [-0.05, 0) is 46.7 Å². The number of aryl methyl sites for hydroxylation is 1. The van der Waals surface area contributed by atoms with Crippen molar-refractivity contribution in [3.05, 3.63) is 62.6 Å². The summed E-state index contributed by atoms with van der Waals surface area (Å²) in [5, 5.41) is 0. The topological polar surface area (TPSA) is 20.7 Å². The van der Waals surface area contributed by atoms with E-state index in [9.17, 15) is 4.39 Å². The quantitative estimate of drug-likeness (QED) is 0.648. The molecule has 0 atom stereocenters. The maximum absolute atomic E-state index is 13.6. The Morgan fingerprint density at radius 3 is 2.65 bits per heavy atom. The number of imidazole rings is 1. The standard InChI is InChI=1S/C15H12BrFN2S/c1-9-2-4-10(5-3-9)8-19-14-6-11(16)12(17)7-13(14)18-15(19)20/h2-7H,8H2,1H3,(H,18,20). The van der Waals surface area contributed by atoms with Crippen molar-refractivity contribution in [2.45, 2.75) is 13.5 Å². The summed E-state index contributed by atoms with van der Waals surface area (Å²) in [5.41, 5.74) is 3.99. The molecule has 0 amide bonds. The van der Waals surface area contributed by atoms with Gasteiger partial charge >= 0.3 is 0 Å². The smallest absolute Gasteiger partial charge is 0.178 e. The van der Waals surface area contributed by atoms with Gasteiger partial charge in [0.05, 0.1) is 22.1 Å². The second-order valence-corrected chi connectivity index (χ2v) is 6.03. The molecule has 20 heavy (non-hydrogen) atoms. The van der Waals surface area contributed by atoms with Crippen LogP contribution in [-0.4, -0.2) is 9.55 Å². The van der Waals surface area contributed by atoms with Crippen LogP contribution in [0.5, 0.6) is 0 Å². The molecule has 0 radical (unpaired) electrons. The molecule has 0 fully saturated rings. The van der Waals surface area contributed by atoms with Crippen LogP contribution in [0, 0.1) is 17.5 Å². The van der Waals surface area contributed by atoms with Crippen LogP contribution in [0.15, 0.2) is 40.9 Å². The molecule has 102 valence electrons. The Bertz CT molecular complexity index is 833. The van der Waals surface area contributed by atoms with Crippen molar-refractivity contribution in [3.63, 3.8) is 0 Å². The van der Waals surface area contributed by atoms with Crippen molar-refractivity contribution >= 4 is 39.2 Å². The maximum Gasteiger partial charge on any atom is 0.178 e. The van der Waals surface area contributed by atoms with Crippen molar-refractivity contribution in [1.82, 2.24) is 9.55 Å². The third-order valence-electron chi connectivity index (χ3n) is 3.28. The van der Waals surface area contributed by atoms with E-state index in [-0.39, 0.29) is 5.82 Å². The van der Waals surface area contributed by atoms with Crippen LogP contribution in [0.2, 0.25) is 0 Å². The Morgan fingerprint density at radius 2 is 1.95 bits per heavy atom. The van der Waals surface area contributed by atoms with Crippen LogP contribution >= 0.6 is 28.1 Å². The highest BCUT2D eigenvalue weighted by atomic mass is 79.9. The van der Waals surface area contributed by atoms with Crippen LogP contribution in [0.3, 0.4) is 0 Å². The summed E-state index contributed by atoms with van der Waals surface area (Å²) in [5.74, 6) is -0.295. The van der Waals surface area contributed by atoms with E-state index in [1.54, 1.807) is 6.07 Å². The first kappa shape index (κ1) is 13.5. The van der Waals surface area contributed by atoms with Gasteiger partial charge in [-0.3, -0.25) is 0 Å². The summed E-state index contributed by atoms with van der Waals surface area (Å²) in [6.45, 7) is 2.72. The average Bonchev–Trinajstić information content (AvgIpc) is 2.69. The highest BCUT2D eigenvalue weighted by molar-refractivity contribution is 9.10. The van der Waals surface area contributed by atoms with E-state index in [2.05, 4.69) is 52.1 Å². The zero-order chi connectivity index (χ0) is 14.3. The predicted octanol–water partition coefficient (Wildman–Crippen LogP) is 4.96. The van der Waals surface area contributed by atoms with Crippen molar-refractivity contribution in [3.8, 4) is 0 Å². The van der Waals surface area contributed by atoms with Gasteiger partial charge < -0.3 is 9.55 Å². The van der Waals surface area contributed by atoms with E-state index in [0.717, 1.165) is 11.1 Å². The maximum atomic E-state index is 13.6. The average molecular weight is 351 g/mol. The molecular weight excluding hydrogens is 339 g/mol. The molecule has 1 N–H and O–H groups in total. The lowest BCUT2D eigenvalue weighted by Crippen LogP contribution is -1.99. The number of nitrogens with one attached hydrogen (secondary N) is 1. The number of fused-ring (bicyclic) bond motifs is 1. The summed E-state index contributed by atoms with van der Waals surface area (Å²) >= 11 is 8.55. The third-order valence-corrected chi connectivity index (χ3v) is 4.21. The minimum atomic E-state index is -0.295. The van der Waals surface area contributed by atoms with Gasteiger partial charge in [0.15, 0.2) is 4.77 Å². The molecule has 0 aliphatic heterocycles. The third kappa shape index (κ3) is 2.43. The van der Waals surface area contributed by atoms with Crippen LogP contribution in [0.4, 0.5) is 4.39 Å². The van der Waals surface area contributed by atoms with E-state index in [1.807, 2.05) is 4.57 Å². The van der Waals surface area contributed by atoms with Crippen molar-refractivity contribution < 1.29 is 4.39 Å². The summed E-state index contributed by atoms with van der Waals surface area (Å²) in [6, 6.07) is 11.5. The van der Waals surface area contributed by atoms with E-state index in [0.29, 0.717) is 21.3 Å². The first-order chi connectivity index (χ1) is 9.54. The zero-order valence-electron chi connectivity index (χ0n) is 10.8.